The zero-order valence-electron chi connectivity index (χ0n) is 14.4. The van der Waals surface area contributed by atoms with Crippen LogP contribution in [0.1, 0.15) is 58.3 Å². The molecular formula is C21H31N. The van der Waals surface area contributed by atoms with Crippen LogP contribution in [0.25, 0.3) is 0 Å². The Kier molecular flexibility index (Phi) is 2.09. The van der Waals surface area contributed by atoms with Crippen LogP contribution in [0.15, 0.2) is 12.2 Å². The van der Waals surface area contributed by atoms with Crippen LogP contribution in [0.3, 0.4) is 0 Å². The fourth-order valence-electron chi connectivity index (χ4n) is 9.97. The highest BCUT2D eigenvalue weighted by Crippen LogP contribution is 2.82. The molecule has 22 heavy (non-hydrogen) atoms. The summed E-state index contributed by atoms with van der Waals surface area (Å²) in [4.78, 5) is 2.87. The Bertz CT molecular complexity index is 580. The zero-order chi connectivity index (χ0) is 14.9. The third-order valence-electron chi connectivity index (χ3n) is 10.0. The fourth-order valence-corrected chi connectivity index (χ4v) is 9.97. The molecule has 2 spiro atoms. The standard InChI is InChI=1S/C21H31N/c1-13-11-20-8-5-16-19(2)6-4-7-21(16)17(20)10-14(13)9-15(20)18(21)22(3)12-19/h14-18H,1,4-12H2,2-3H3/t14-,15?,16?,17?,18?,19-,20+,21-/m0/s1. The first-order chi connectivity index (χ1) is 10.5. The molecule has 1 nitrogen and oxygen atoms in total. The van der Waals surface area contributed by atoms with Gasteiger partial charge in [0.05, 0.1) is 0 Å². The third-order valence-corrected chi connectivity index (χ3v) is 10.0. The average Bonchev–Trinajstić information content (AvgIpc) is 2.58. The lowest BCUT2D eigenvalue weighted by atomic mass is 9.40. The van der Waals surface area contributed by atoms with E-state index in [1.54, 1.807) is 24.8 Å². The number of hydrogen-bond donors (Lipinski definition) is 0. The second-order valence-corrected chi connectivity index (χ2v) is 10.5. The van der Waals surface area contributed by atoms with E-state index < -0.39 is 0 Å². The van der Waals surface area contributed by atoms with Gasteiger partial charge in [0.1, 0.15) is 0 Å². The molecular weight excluding hydrogens is 266 g/mol. The molecule has 0 N–H and O–H groups in total. The Morgan fingerprint density at radius 2 is 2.00 bits per heavy atom. The molecule has 0 aromatic heterocycles. The quantitative estimate of drug-likeness (QED) is 0.596. The highest BCUT2D eigenvalue weighted by Gasteiger charge is 2.78. The largest absolute Gasteiger partial charge is 0.302 e. The molecule has 6 aliphatic carbocycles. The van der Waals surface area contributed by atoms with Gasteiger partial charge in [-0.15, -0.1) is 0 Å². The van der Waals surface area contributed by atoms with Crippen molar-refractivity contribution in [2.24, 2.45) is 39.9 Å². The van der Waals surface area contributed by atoms with Gasteiger partial charge in [-0.25, -0.2) is 0 Å². The van der Waals surface area contributed by atoms with Crippen LogP contribution in [0.4, 0.5) is 0 Å². The van der Waals surface area contributed by atoms with Gasteiger partial charge >= 0.3 is 0 Å². The van der Waals surface area contributed by atoms with E-state index in [9.17, 15) is 0 Å². The van der Waals surface area contributed by atoms with E-state index in [0.29, 0.717) is 16.2 Å². The van der Waals surface area contributed by atoms with Crippen molar-refractivity contribution < 1.29 is 0 Å². The maximum atomic E-state index is 4.52. The van der Waals surface area contributed by atoms with Gasteiger partial charge in [-0.05, 0) is 91.9 Å². The van der Waals surface area contributed by atoms with Gasteiger partial charge in [0, 0.05) is 12.6 Å². The molecule has 6 saturated carbocycles. The monoisotopic (exact) mass is 297 g/mol. The number of likely N-dealkylation sites (tertiary alicyclic amines) is 1. The average molecular weight is 297 g/mol. The Balaban J connectivity index is 1.61. The summed E-state index contributed by atoms with van der Waals surface area (Å²) < 4.78 is 0. The van der Waals surface area contributed by atoms with Crippen LogP contribution in [0.5, 0.6) is 0 Å². The molecule has 0 amide bonds. The van der Waals surface area contributed by atoms with E-state index in [4.69, 9.17) is 0 Å². The van der Waals surface area contributed by atoms with E-state index >= 15 is 0 Å². The van der Waals surface area contributed by atoms with Crippen molar-refractivity contribution in [2.75, 3.05) is 13.6 Å². The van der Waals surface area contributed by atoms with Crippen molar-refractivity contribution >= 4 is 0 Å². The smallest absolute Gasteiger partial charge is 0.0189 e. The summed E-state index contributed by atoms with van der Waals surface area (Å²) in [6.07, 6.45) is 12.1. The molecule has 7 fully saturated rings. The van der Waals surface area contributed by atoms with Gasteiger partial charge in [-0.2, -0.15) is 0 Å². The minimum atomic E-state index is 0.624. The van der Waals surface area contributed by atoms with Crippen LogP contribution in [-0.4, -0.2) is 24.5 Å². The molecule has 0 radical (unpaired) electrons. The summed E-state index contributed by atoms with van der Waals surface area (Å²) in [6, 6.07) is 0.927. The molecule has 120 valence electrons. The highest BCUT2D eigenvalue weighted by atomic mass is 15.2. The molecule has 1 heteroatoms. The lowest BCUT2D eigenvalue weighted by molar-refractivity contribution is -0.177. The number of nitrogens with zero attached hydrogens (tertiary/aromatic N) is 1. The van der Waals surface area contributed by atoms with Crippen molar-refractivity contribution in [2.45, 2.75) is 64.3 Å². The van der Waals surface area contributed by atoms with E-state index in [1.165, 1.54) is 38.6 Å². The number of piperidine rings is 1. The van der Waals surface area contributed by atoms with Crippen molar-refractivity contribution in [3.05, 3.63) is 12.2 Å². The third kappa shape index (κ3) is 1.08. The zero-order valence-corrected chi connectivity index (χ0v) is 14.4. The van der Waals surface area contributed by atoms with Gasteiger partial charge in [-0.3, -0.25) is 0 Å². The summed E-state index contributed by atoms with van der Waals surface area (Å²) in [5, 5.41) is 0. The van der Waals surface area contributed by atoms with Crippen LogP contribution >= 0.6 is 0 Å². The fraction of sp³-hybridized carbons (Fsp3) is 0.905. The SMILES string of the molecule is C=C1C[C@]23CCC4[C@@]5(C)CCC[C@]46C(C2C[C@H]1CC36)N(C)C5. The second kappa shape index (κ2) is 3.53. The Labute approximate surface area is 135 Å². The first-order valence-corrected chi connectivity index (χ1v) is 9.89. The van der Waals surface area contributed by atoms with Crippen LogP contribution < -0.4 is 0 Å². The number of allylic oxidation sites excluding steroid dienone is 1. The molecule has 6 bridgehead atoms. The lowest BCUT2D eigenvalue weighted by Crippen LogP contribution is -2.65. The van der Waals surface area contributed by atoms with Gasteiger partial charge in [-0.1, -0.05) is 25.5 Å². The van der Waals surface area contributed by atoms with Crippen molar-refractivity contribution in [1.29, 1.82) is 0 Å². The topological polar surface area (TPSA) is 3.24 Å². The van der Waals surface area contributed by atoms with Crippen molar-refractivity contribution in [3.63, 3.8) is 0 Å². The minimum Gasteiger partial charge on any atom is -0.302 e. The summed E-state index contributed by atoms with van der Waals surface area (Å²) in [5.74, 6) is 4.00. The molecule has 0 aromatic carbocycles. The van der Waals surface area contributed by atoms with Crippen molar-refractivity contribution in [1.82, 2.24) is 4.90 Å². The molecule has 1 saturated heterocycles. The number of fused-ring (bicyclic) bond motifs is 1. The van der Waals surface area contributed by atoms with Crippen LogP contribution in [0.2, 0.25) is 0 Å². The van der Waals surface area contributed by atoms with E-state index in [2.05, 4.69) is 25.5 Å². The summed E-state index contributed by atoms with van der Waals surface area (Å²) in [7, 11) is 2.49. The Hall–Kier alpha value is -0.300. The number of hydrogen-bond acceptors (Lipinski definition) is 1. The minimum absolute atomic E-state index is 0.624. The lowest BCUT2D eigenvalue weighted by Gasteiger charge is -2.67. The van der Waals surface area contributed by atoms with Gasteiger partial charge < -0.3 is 4.90 Å². The maximum Gasteiger partial charge on any atom is 0.0189 e. The molecule has 7 aliphatic rings. The summed E-state index contributed by atoms with van der Waals surface area (Å²) >= 11 is 0. The van der Waals surface area contributed by atoms with Gasteiger partial charge in [0.2, 0.25) is 0 Å². The molecule has 7 rings (SSSR count). The molecule has 1 heterocycles. The van der Waals surface area contributed by atoms with Gasteiger partial charge in [0.25, 0.3) is 0 Å². The van der Waals surface area contributed by atoms with Crippen LogP contribution in [0, 0.1) is 39.9 Å². The molecule has 4 unspecified atom stereocenters. The Morgan fingerprint density at radius 1 is 1.14 bits per heavy atom. The maximum absolute atomic E-state index is 4.52. The predicted molar refractivity (Wildman–Crippen MR) is 89.4 cm³/mol. The normalized spacial score (nSPS) is 65.0. The highest BCUT2D eigenvalue weighted by molar-refractivity contribution is 5.33. The first kappa shape index (κ1) is 13.0. The van der Waals surface area contributed by atoms with Crippen LogP contribution in [-0.2, 0) is 0 Å². The Morgan fingerprint density at radius 3 is 2.86 bits per heavy atom. The van der Waals surface area contributed by atoms with Crippen molar-refractivity contribution in [3.8, 4) is 0 Å². The van der Waals surface area contributed by atoms with Gasteiger partial charge in [0.15, 0.2) is 0 Å². The summed E-state index contributed by atoms with van der Waals surface area (Å²) in [5.41, 5.74) is 3.66. The van der Waals surface area contributed by atoms with E-state index in [1.807, 2.05) is 0 Å². The second-order valence-electron chi connectivity index (χ2n) is 10.5. The van der Waals surface area contributed by atoms with E-state index in [-0.39, 0.29) is 0 Å². The molecule has 0 aromatic rings. The molecule has 8 atom stereocenters. The summed E-state index contributed by atoms with van der Waals surface area (Å²) in [6.45, 7) is 8.56. The first-order valence-electron chi connectivity index (χ1n) is 9.89. The predicted octanol–water partition coefficient (Wildman–Crippen LogP) is 4.49. The number of rotatable bonds is 0. The van der Waals surface area contributed by atoms with E-state index in [0.717, 1.165) is 29.7 Å². The molecule has 1 aliphatic heterocycles.